The van der Waals surface area contributed by atoms with Gasteiger partial charge in [0, 0.05) is 18.0 Å². The first-order chi connectivity index (χ1) is 9.20. The highest BCUT2D eigenvalue weighted by Gasteiger charge is 2.23. The van der Waals surface area contributed by atoms with Gasteiger partial charge in [0.05, 0.1) is 6.54 Å². The van der Waals surface area contributed by atoms with Crippen molar-refractivity contribution in [3.63, 3.8) is 0 Å². The summed E-state index contributed by atoms with van der Waals surface area (Å²) in [7, 11) is 0. The second-order valence-corrected chi connectivity index (χ2v) is 4.00. The molecule has 6 nitrogen and oxygen atoms in total. The normalized spacial score (nSPS) is 14.4. The van der Waals surface area contributed by atoms with Gasteiger partial charge in [-0.2, -0.15) is 0 Å². The van der Waals surface area contributed by atoms with Crippen LogP contribution in [0.15, 0.2) is 24.3 Å². The van der Waals surface area contributed by atoms with E-state index in [1.165, 1.54) is 4.90 Å². The molecule has 6 heteroatoms. The summed E-state index contributed by atoms with van der Waals surface area (Å²) in [5.41, 5.74) is 1.33. The van der Waals surface area contributed by atoms with Gasteiger partial charge >= 0.3 is 6.09 Å². The highest BCUT2D eigenvalue weighted by molar-refractivity contribution is 5.94. The smallest absolute Gasteiger partial charge is 0.414 e. The number of cyclic esters (lactones) is 1. The lowest BCUT2D eigenvalue weighted by Gasteiger charge is -2.14. The van der Waals surface area contributed by atoms with Gasteiger partial charge in [-0.05, 0) is 25.1 Å². The highest BCUT2D eigenvalue weighted by atomic mass is 16.6. The maximum Gasteiger partial charge on any atom is 0.414 e. The minimum Gasteiger partial charge on any atom is -0.447 e. The molecule has 1 aliphatic rings. The van der Waals surface area contributed by atoms with Gasteiger partial charge in [-0.25, -0.2) is 4.79 Å². The van der Waals surface area contributed by atoms with Crippen molar-refractivity contribution in [3.8, 4) is 0 Å². The average molecular weight is 264 g/mol. The molecule has 0 spiro atoms. The molecule has 0 saturated carbocycles. The second kappa shape index (κ2) is 6.19. The fourth-order valence-electron chi connectivity index (χ4n) is 1.77. The van der Waals surface area contributed by atoms with Crippen molar-refractivity contribution in [2.24, 2.45) is 0 Å². The molecule has 0 atom stereocenters. The summed E-state index contributed by atoms with van der Waals surface area (Å²) in [6, 6.07) is 7.06. The van der Waals surface area contributed by atoms with E-state index in [0.717, 1.165) is 0 Å². The second-order valence-electron chi connectivity index (χ2n) is 4.00. The number of ether oxygens (including phenoxy) is 2. The quantitative estimate of drug-likeness (QED) is 0.877. The van der Waals surface area contributed by atoms with Crippen molar-refractivity contribution in [1.82, 2.24) is 0 Å². The Labute approximate surface area is 111 Å². The Bertz CT molecular complexity index is 475. The number of hydrogen-bond donors (Lipinski definition) is 1. The Balaban J connectivity index is 2.02. The molecule has 2 rings (SSSR count). The van der Waals surface area contributed by atoms with E-state index < -0.39 is 0 Å². The summed E-state index contributed by atoms with van der Waals surface area (Å²) in [4.78, 5) is 24.5. The van der Waals surface area contributed by atoms with E-state index >= 15 is 0 Å². The first kappa shape index (κ1) is 13.4. The third-order valence-electron chi connectivity index (χ3n) is 2.64. The number of amides is 2. The van der Waals surface area contributed by atoms with Crippen LogP contribution in [0.5, 0.6) is 0 Å². The Kier molecular flexibility index (Phi) is 4.35. The molecular formula is C13H16N2O4. The Morgan fingerprint density at radius 1 is 1.53 bits per heavy atom. The van der Waals surface area contributed by atoms with Crippen molar-refractivity contribution < 1.29 is 19.1 Å². The number of rotatable bonds is 5. The van der Waals surface area contributed by atoms with E-state index in [1.807, 2.05) is 6.92 Å². The standard InChI is InChI=1S/C13H16N2O4/c1-2-18-9-12(16)14-10-4-3-5-11(8-10)15-6-7-19-13(15)17/h3-5,8H,2,6-7,9H2,1H3,(H,14,16). The third kappa shape index (κ3) is 3.45. The Morgan fingerprint density at radius 2 is 2.37 bits per heavy atom. The predicted octanol–water partition coefficient (Wildman–Crippen LogP) is 1.62. The number of hydrogen-bond acceptors (Lipinski definition) is 4. The fourth-order valence-corrected chi connectivity index (χ4v) is 1.77. The number of carbonyl (C=O) groups is 2. The van der Waals surface area contributed by atoms with Crippen LogP contribution in [0.1, 0.15) is 6.92 Å². The molecule has 0 bridgehead atoms. The van der Waals surface area contributed by atoms with Crippen LogP contribution in [0.2, 0.25) is 0 Å². The van der Waals surface area contributed by atoms with E-state index in [0.29, 0.717) is 31.1 Å². The van der Waals surface area contributed by atoms with Crippen molar-refractivity contribution in [2.45, 2.75) is 6.92 Å². The molecule has 1 saturated heterocycles. The SMILES string of the molecule is CCOCC(=O)Nc1cccc(N2CCOC2=O)c1. The highest BCUT2D eigenvalue weighted by Crippen LogP contribution is 2.22. The van der Waals surface area contributed by atoms with Crippen molar-refractivity contribution >= 4 is 23.4 Å². The van der Waals surface area contributed by atoms with Crippen LogP contribution in [-0.4, -0.2) is 38.4 Å². The van der Waals surface area contributed by atoms with Crippen LogP contribution in [0, 0.1) is 0 Å². The van der Waals surface area contributed by atoms with E-state index in [1.54, 1.807) is 24.3 Å². The zero-order chi connectivity index (χ0) is 13.7. The molecule has 1 aromatic rings. The average Bonchev–Trinajstić information content (AvgIpc) is 2.83. The van der Waals surface area contributed by atoms with Gasteiger partial charge in [-0.1, -0.05) is 6.07 Å². The maximum absolute atomic E-state index is 11.5. The summed E-state index contributed by atoms with van der Waals surface area (Å²) in [6.07, 6.45) is -0.363. The van der Waals surface area contributed by atoms with Gasteiger partial charge in [0.2, 0.25) is 5.91 Å². The number of benzene rings is 1. The largest absolute Gasteiger partial charge is 0.447 e. The van der Waals surface area contributed by atoms with Gasteiger partial charge in [-0.3, -0.25) is 9.69 Å². The minimum absolute atomic E-state index is 0.0203. The van der Waals surface area contributed by atoms with E-state index in [9.17, 15) is 9.59 Å². The molecule has 1 aromatic carbocycles. The first-order valence-electron chi connectivity index (χ1n) is 6.12. The summed E-state index contributed by atoms with van der Waals surface area (Å²) in [5.74, 6) is -0.219. The molecule has 2 amide bonds. The summed E-state index contributed by atoms with van der Waals surface area (Å²) >= 11 is 0. The number of nitrogens with one attached hydrogen (secondary N) is 1. The molecule has 0 aliphatic carbocycles. The monoisotopic (exact) mass is 264 g/mol. The predicted molar refractivity (Wildman–Crippen MR) is 70.3 cm³/mol. The molecule has 1 heterocycles. The summed E-state index contributed by atoms with van der Waals surface area (Å²) in [5, 5.41) is 2.71. The molecular weight excluding hydrogens is 248 g/mol. The molecule has 0 aromatic heterocycles. The van der Waals surface area contributed by atoms with Crippen LogP contribution in [0.4, 0.5) is 16.2 Å². The fraction of sp³-hybridized carbons (Fsp3) is 0.385. The summed E-state index contributed by atoms with van der Waals surface area (Å²) in [6.45, 7) is 3.25. The lowest BCUT2D eigenvalue weighted by atomic mass is 10.2. The topological polar surface area (TPSA) is 67.9 Å². The van der Waals surface area contributed by atoms with Crippen LogP contribution in [-0.2, 0) is 14.3 Å². The van der Waals surface area contributed by atoms with E-state index in [-0.39, 0.29) is 18.6 Å². The van der Waals surface area contributed by atoms with Crippen LogP contribution >= 0.6 is 0 Å². The molecule has 19 heavy (non-hydrogen) atoms. The lowest BCUT2D eigenvalue weighted by molar-refractivity contribution is -0.120. The van der Waals surface area contributed by atoms with Gasteiger partial charge in [-0.15, -0.1) is 0 Å². The van der Waals surface area contributed by atoms with Gasteiger partial charge in [0.25, 0.3) is 0 Å². The Hall–Kier alpha value is -2.08. The van der Waals surface area contributed by atoms with Crippen molar-refractivity contribution in [3.05, 3.63) is 24.3 Å². The zero-order valence-corrected chi connectivity index (χ0v) is 10.7. The number of anilines is 2. The minimum atomic E-state index is -0.363. The molecule has 102 valence electrons. The Morgan fingerprint density at radius 3 is 3.05 bits per heavy atom. The van der Waals surface area contributed by atoms with Crippen LogP contribution < -0.4 is 10.2 Å². The maximum atomic E-state index is 11.5. The molecule has 1 fully saturated rings. The van der Waals surface area contributed by atoms with Gasteiger partial charge in [0.1, 0.15) is 13.2 Å². The molecule has 1 N–H and O–H groups in total. The first-order valence-corrected chi connectivity index (χ1v) is 6.12. The van der Waals surface area contributed by atoms with Gasteiger partial charge in [0.15, 0.2) is 0 Å². The summed E-state index contributed by atoms with van der Waals surface area (Å²) < 4.78 is 9.89. The van der Waals surface area contributed by atoms with Crippen LogP contribution in [0.3, 0.4) is 0 Å². The third-order valence-corrected chi connectivity index (χ3v) is 2.64. The molecule has 0 unspecified atom stereocenters. The van der Waals surface area contributed by atoms with E-state index in [4.69, 9.17) is 9.47 Å². The lowest BCUT2D eigenvalue weighted by Crippen LogP contribution is -2.23. The molecule has 0 radical (unpaired) electrons. The van der Waals surface area contributed by atoms with Crippen LogP contribution in [0.25, 0.3) is 0 Å². The van der Waals surface area contributed by atoms with E-state index in [2.05, 4.69) is 5.32 Å². The van der Waals surface area contributed by atoms with Crippen molar-refractivity contribution in [1.29, 1.82) is 0 Å². The number of nitrogens with zero attached hydrogens (tertiary/aromatic N) is 1. The molecule has 1 aliphatic heterocycles. The number of carbonyl (C=O) groups excluding carboxylic acids is 2. The zero-order valence-electron chi connectivity index (χ0n) is 10.7. The van der Waals surface area contributed by atoms with Gasteiger partial charge < -0.3 is 14.8 Å². The van der Waals surface area contributed by atoms with Crippen molar-refractivity contribution in [2.75, 3.05) is 36.6 Å².